The second-order valence-corrected chi connectivity index (χ2v) is 5.94. The van der Waals surface area contributed by atoms with Crippen molar-refractivity contribution in [1.29, 1.82) is 0 Å². The van der Waals surface area contributed by atoms with Gasteiger partial charge in [-0.3, -0.25) is 4.79 Å². The largest absolute Gasteiger partial charge is 0.497 e. The number of rotatable bonds is 4. The van der Waals surface area contributed by atoms with Crippen LogP contribution >= 0.6 is 0 Å². The van der Waals surface area contributed by atoms with Gasteiger partial charge in [0.15, 0.2) is 6.10 Å². The van der Waals surface area contributed by atoms with Crippen molar-refractivity contribution in [2.75, 3.05) is 7.11 Å². The van der Waals surface area contributed by atoms with Crippen molar-refractivity contribution in [1.82, 2.24) is 0 Å². The Labute approximate surface area is 146 Å². The first-order chi connectivity index (χ1) is 12.1. The number of ether oxygens (including phenoxy) is 3. The molecule has 0 heterocycles. The summed E-state index contributed by atoms with van der Waals surface area (Å²) >= 11 is 0. The van der Waals surface area contributed by atoms with E-state index in [-0.39, 0.29) is 5.97 Å². The van der Waals surface area contributed by atoms with Crippen LogP contribution in [0.1, 0.15) is 40.9 Å². The van der Waals surface area contributed by atoms with E-state index in [9.17, 15) is 9.59 Å². The minimum absolute atomic E-state index is 0.386. The van der Waals surface area contributed by atoms with Crippen LogP contribution in [0.25, 0.3) is 0 Å². The summed E-state index contributed by atoms with van der Waals surface area (Å²) in [5.74, 6) is -0.0769. The molecule has 0 saturated heterocycles. The molecule has 0 fully saturated rings. The van der Waals surface area contributed by atoms with Crippen LogP contribution in [0.2, 0.25) is 0 Å². The number of hydrogen-bond donors (Lipinski definition) is 0. The van der Waals surface area contributed by atoms with Gasteiger partial charge < -0.3 is 14.2 Å². The lowest BCUT2D eigenvalue weighted by Gasteiger charge is -2.32. The molecule has 3 rings (SSSR count). The molecular formula is C20H20O5. The molecule has 0 saturated carbocycles. The number of carbonyl (C=O) groups excluding carboxylic acids is 2. The maximum Gasteiger partial charge on any atom is 0.338 e. The molecule has 5 heteroatoms. The lowest BCUT2D eigenvalue weighted by Crippen LogP contribution is -2.33. The number of fused-ring (bicyclic) bond motifs is 1. The molecular weight excluding hydrogens is 320 g/mol. The molecule has 0 spiro atoms. The van der Waals surface area contributed by atoms with E-state index < -0.39 is 18.2 Å². The summed E-state index contributed by atoms with van der Waals surface area (Å²) in [5.41, 5.74) is 2.35. The van der Waals surface area contributed by atoms with E-state index >= 15 is 0 Å². The van der Waals surface area contributed by atoms with Crippen LogP contribution in [-0.2, 0) is 20.7 Å². The van der Waals surface area contributed by atoms with Crippen molar-refractivity contribution in [3.63, 3.8) is 0 Å². The Hall–Kier alpha value is -2.82. The summed E-state index contributed by atoms with van der Waals surface area (Å²) in [6.07, 6.45) is 0.188. The first kappa shape index (κ1) is 17.0. The van der Waals surface area contributed by atoms with Crippen LogP contribution in [0.5, 0.6) is 5.75 Å². The van der Waals surface area contributed by atoms with Gasteiger partial charge in [0.1, 0.15) is 11.9 Å². The van der Waals surface area contributed by atoms with Crippen LogP contribution in [0.15, 0.2) is 48.5 Å². The van der Waals surface area contributed by atoms with Crippen molar-refractivity contribution >= 4 is 11.9 Å². The molecule has 2 atom stereocenters. The number of esters is 2. The normalized spacial score (nSPS) is 18.8. The average molecular weight is 340 g/mol. The van der Waals surface area contributed by atoms with Crippen LogP contribution in [-0.4, -0.2) is 25.2 Å². The zero-order chi connectivity index (χ0) is 17.8. The van der Waals surface area contributed by atoms with Gasteiger partial charge in [-0.15, -0.1) is 0 Å². The van der Waals surface area contributed by atoms with Gasteiger partial charge in [-0.2, -0.15) is 0 Å². The lowest BCUT2D eigenvalue weighted by atomic mass is 9.87. The Kier molecular flexibility index (Phi) is 5.03. The van der Waals surface area contributed by atoms with Crippen molar-refractivity contribution < 1.29 is 23.8 Å². The zero-order valence-corrected chi connectivity index (χ0v) is 14.2. The smallest absolute Gasteiger partial charge is 0.338 e. The maximum absolute atomic E-state index is 12.5. The molecule has 25 heavy (non-hydrogen) atoms. The third kappa shape index (κ3) is 3.82. The fourth-order valence-electron chi connectivity index (χ4n) is 3.08. The van der Waals surface area contributed by atoms with E-state index in [1.165, 1.54) is 6.92 Å². The Bertz CT molecular complexity index is 769. The quantitative estimate of drug-likeness (QED) is 0.798. The van der Waals surface area contributed by atoms with E-state index in [0.29, 0.717) is 12.0 Å². The van der Waals surface area contributed by atoms with Gasteiger partial charge in [-0.1, -0.05) is 24.3 Å². The molecule has 1 aliphatic rings. The Morgan fingerprint density at radius 2 is 1.80 bits per heavy atom. The highest BCUT2D eigenvalue weighted by atomic mass is 16.6. The van der Waals surface area contributed by atoms with Gasteiger partial charge in [0.05, 0.1) is 12.7 Å². The van der Waals surface area contributed by atoms with Crippen molar-refractivity contribution in [3.8, 4) is 5.75 Å². The minimum atomic E-state index is -0.633. The second kappa shape index (κ2) is 7.38. The summed E-state index contributed by atoms with van der Waals surface area (Å²) in [5, 5.41) is 0. The first-order valence-corrected chi connectivity index (χ1v) is 8.18. The zero-order valence-electron chi connectivity index (χ0n) is 14.2. The number of methoxy groups -OCH3 is 1. The third-order valence-electron chi connectivity index (χ3n) is 4.25. The molecule has 0 radical (unpaired) electrons. The minimum Gasteiger partial charge on any atom is -0.497 e. The topological polar surface area (TPSA) is 61.8 Å². The summed E-state index contributed by atoms with van der Waals surface area (Å²) < 4.78 is 16.4. The first-order valence-electron chi connectivity index (χ1n) is 8.18. The Morgan fingerprint density at radius 1 is 1.04 bits per heavy atom. The van der Waals surface area contributed by atoms with E-state index in [2.05, 4.69) is 0 Å². The molecule has 0 aromatic heterocycles. The highest BCUT2D eigenvalue weighted by Gasteiger charge is 2.35. The average Bonchev–Trinajstić information content (AvgIpc) is 2.63. The predicted octanol–water partition coefficient (Wildman–Crippen LogP) is 3.47. The molecule has 2 unspecified atom stereocenters. The lowest BCUT2D eigenvalue weighted by molar-refractivity contribution is -0.154. The number of carbonyl (C=O) groups is 2. The van der Waals surface area contributed by atoms with Gasteiger partial charge >= 0.3 is 11.9 Å². The van der Waals surface area contributed by atoms with Crippen LogP contribution in [0.3, 0.4) is 0 Å². The summed E-state index contributed by atoms with van der Waals surface area (Å²) in [6.45, 7) is 1.36. The summed E-state index contributed by atoms with van der Waals surface area (Å²) in [4.78, 5) is 23.9. The standard InChI is InChI=1S/C20H20O5/c1-13(21)24-18-11-8-15-12-16(23-2)9-10-17(15)19(18)25-20(22)14-6-4-3-5-7-14/h3-7,9-10,12,18-19H,8,11H2,1-2H3. The van der Waals surface area contributed by atoms with Crippen molar-refractivity contribution in [2.24, 2.45) is 0 Å². The molecule has 0 amide bonds. The van der Waals surface area contributed by atoms with Gasteiger partial charge in [0.2, 0.25) is 0 Å². The highest BCUT2D eigenvalue weighted by Crippen LogP contribution is 2.37. The van der Waals surface area contributed by atoms with Crippen LogP contribution < -0.4 is 4.74 Å². The molecule has 5 nitrogen and oxygen atoms in total. The van der Waals surface area contributed by atoms with Gasteiger partial charge in [-0.05, 0) is 48.2 Å². The summed E-state index contributed by atoms with van der Waals surface area (Å²) in [6, 6.07) is 14.4. The maximum atomic E-state index is 12.5. The van der Waals surface area contributed by atoms with Crippen molar-refractivity contribution in [2.45, 2.75) is 32.0 Å². The predicted molar refractivity (Wildman–Crippen MR) is 91.5 cm³/mol. The third-order valence-corrected chi connectivity index (χ3v) is 4.25. The van der Waals surface area contributed by atoms with E-state index in [0.717, 1.165) is 23.3 Å². The van der Waals surface area contributed by atoms with Gasteiger partial charge in [-0.25, -0.2) is 4.79 Å². The fourth-order valence-corrected chi connectivity index (χ4v) is 3.08. The van der Waals surface area contributed by atoms with E-state index in [1.807, 2.05) is 24.3 Å². The molecule has 1 aliphatic carbocycles. The number of benzene rings is 2. The molecule has 0 bridgehead atoms. The van der Waals surface area contributed by atoms with Gasteiger partial charge in [0, 0.05) is 6.92 Å². The fraction of sp³-hybridized carbons (Fsp3) is 0.300. The van der Waals surface area contributed by atoms with Crippen LogP contribution in [0.4, 0.5) is 0 Å². The molecule has 2 aromatic rings. The molecule has 0 N–H and O–H groups in total. The SMILES string of the molecule is COc1ccc2c(c1)CCC(OC(C)=O)C2OC(=O)c1ccccc1. The summed E-state index contributed by atoms with van der Waals surface area (Å²) in [7, 11) is 1.61. The van der Waals surface area contributed by atoms with E-state index in [4.69, 9.17) is 14.2 Å². The van der Waals surface area contributed by atoms with E-state index in [1.54, 1.807) is 31.4 Å². The molecule has 0 aliphatic heterocycles. The van der Waals surface area contributed by atoms with Gasteiger partial charge in [0.25, 0.3) is 0 Å². The monoisotopic (exact) mass is 340 g/mol. The highest BCUT2D eigenvalue weighted by molar-refractivity contribution is 5.89. The number of hydrogen-bond acceptors (Lipinski definition) is 5. The van der Waals surface area contributed by atoms with Crippen molar-refractivity contribution in [3.05, 3.63) is 65.2 Å². The number of aryl methyl sites for hydroxylation is 1. The van der Waals surface area contributed by atoms with Crippen LogP contribution in [0, 0.1) is 0 Å². The molecule has 2 aromatic carbocycles. The second-order valence-electron chi connectivity index (χ2n) is 5.94. The Morgan fingerprint density at radius 3 is 2.48 bits per heavy atom. The Balaban J connectivity index is 1.91. The molecule has 130 valence electrons.